The summed E-state index contributed by atoms with van der Waals surface area (Å²) in [6.07, 6.45) is 0.639. The summed E-state index contributed by atoms with van der Waals surface area (Å²) in [6, 6.07) is 4.15. The summed E-state index contributed by atoms with van der Waals surface area (Å²) >= 11 is 0. The van der Waals surface area contributed by atoms with E-state index in [-0.39, 0.29) is 5.91 Å². The zero-order valence-corrected chi connectivity index (χ0v) is 16.4. The van der Waals surface area contributed by atoms with Gasteiger partial charge in [0.1, 0.15) is 0 Å². The van der Waals surface area contributed by atoms with Crippen LogP contribution in [0.5, 0.6) is 0 Å². The first kappa shape index (κ1) is 18.9. The molecular formula is C19H32N6O. The third-order valence-electron chi connectivity index (χ3n) is 5.32. The number of carbonyl (C=O) groups excluding carboxylic acids is 1. The molecule has 2 aliphatic heterocycles. The Morgan fingerprint density at radius 3 is 1.85 bits per heavy atom. The van der Waals surface area contributed by atoms with Crippen molar-refractivity contribution in [1.29, 1.82) is 0 Å². The Morgan fingerprint density at radius 2 is 1.42 bits per heavy atom. The first-order valence-electron chi connectivity index (χ1n) is 9.90. The molecule has 7 heteroatoms. The van der Waals surface area contributed by atoms with E-state index in [1.165, 1.54) is 0 Å². The van der Waals surface area contributed by atoms with E-state index in [2.05, 4.69) is 57.8 Å². The third-order valence-corrected chi connectivity index (χ3v) is 5.32. The number of hydrogen-bond donors (Lipinski definition) is 0. The fourth-order valence-electron chi connectivity index (χ4n) is 3.61. The molecule has 2 saturated heterocycles. The molecule has 0 saturated carbocycles. The fourth-order valence-corrected chi connectivity index (χ4v) is 3.61. The third kappa shape index (κ3) is 4.63. The summed E-state index contributed by atoms with van der Waals surface area (Å²) in [6.45, 7) is 14.9. The normalized spacial score (nSPS) is 19.3. The van der Waals surface area contributed by atoms with E-state index in [4.69, 9.17) is 0 Å². The molecule has 0 unspecified atom stereocenters. The van der Waals surface area contributed by atoms with Crippen LogP contribution in [0.2, 0.25) is 0 Å². The van der Waals surface area contributed by atoms with E-state index in [9.17, 15) is 4.79 Å². The molecule has 7 nitrogen and oxygen atoms in total. The SMILES string of the molecule is CCN1CCN(c2ccc(N3CCN(C(=O)CC(C)C)CC3)nn2)CC1. The van der Waals surface area contributed by atoms with Crippen molar-refractivity contribution in [2.75, 3.05) is 68.7 Å². The summed E-state index contributed by atoms with van der Waals surface area (Å²) in [5.74, 6) is 2.57. The lowest BCUT2D eigenvalue weighted by atomic mass is 10.1. The Labute approximate surface area is 157 Å². The second-order valence-electron chi connectivity index (χ2n) is 7.64. The van der Waals surface area contributed by atoms with Crippen molar-refractivity contribution in [1.82, 2.24) is 20.0 Å². The van der Waals surface area contributed by atoms with Gasteiger partial charge in [-0.1, -0.05) is 20.8 Å². The van der Waals surface area contributed by atoms with Crippen LogP contribution in [0.4, 0.5) is 11.6 Å². The summed E-state index contributed by atoms with van der Waals surface area (Å²) in [4.78, 5) is 21.2. The van der Waals surface area contributed by atoms with Gasteiger partial charge >= 0.3 is 0 Å². The van der Waals surface area contributed by atoms with Gasteiger partial charge in [-0.3, -0.25) is 4.79 Å². The van der Waals surface area contributed by atoms with Crippen molar-refractivity contribution in [3.05, 3.63) is 12.1 Å². The molecule has 0 radical (unpaired) electrons. The van der Waals surface area contributed by atoms with Crippen molar-refractivity contribution >= 4 is 17.5 Å². The number of aromatic nitrogens is 2. The van der Waals surface area contributed by atoms with Gasteiger partial charge in [0, 0.05) is 58.8 Å². The van der Waals surface area contributed by atoms with Crippen LogP contribution < -0.4 is 9.80 Å². The predicted molar refractivity (Wildman–Crippen MR) is 105 cm³/mol. The van der Waals surface area contributed by atoms with Crippen LogP contribution >= 0.6 is 0 Å². The van der Waals surface area contributed by atoms with Gasteiger partial charge in [0.2, 0.25) is 5.91 Å². The maximum Gasteiger partial charge on any atom is 0.222 e. The largest absolute Gasteiger partial charge is 0.353 e. The molecule has 0 aromatic carbocycles. The Kier molecular flexibility index (Phi) is 6.29. The Balaban J connectivity index is 1.51. The molecule has 0 atom stereocenters. The highest BCUT2D eigenvalue weighted by atomic mass is 16.2. The van der Waals surface area contributed by atoms with Crippen LogP contribution in [0, 0.1) is 5.92 Å². The second kappa shape index (κ2) is 8.66. The van der Waals surface area contributed by atoms with Crippen LogP contribution in [-0.2, 0) is 4.79 Å². The minimum Gasteiger partial charge on any atom is -0.353 e. The van der Waals surface area contributed by atoms with Gasteiger partial charge in [0.15, 0.2) is 11.6 Å². The molecule has 1 aromatic rings. The number of nitrogens with zero attached hydrogens (tertiary/aromatic N) is 6. The van der Waals surface area contributed by atoms with Crippen molar-refractivity contribution in [2.45, 2.75) is 27.2 Å². The molecule has 1 aromatic heterocycles. The number of hydrogen-bond acceptors (Lipinski definition) is 6. The first-order valence-corrected chi connectivity index (χ1v) is 9.90. The standard InChI is InChI=1S/C19H32N6O/c1-4-22-7-9-23(10-8-22)17-5-6-18(21-20-17)24-11-13-25(14-12-24)19(26)15-16(2)3/h5-6,16H,4,7-15H2,1-3H3. The van der Waals surface area contributed by atoms with E-state index in [0.717, 1.165) is 70.5 Å². The lowest BCUT2D eigenvalue weighted by Crippen LogP contribution is -2.49. The lowest BCUT2D eigenvalue weighted by molar-refractivity contribution is -0.132. The van der Waals surface area contributed by atoms with Crippen molar-refractivity contribution in [2.24, 2.45) is 5.92 Å². The Hall–Kier alpha value is -1.89. The average Bonchev–Trinajstić information content (AvgIpc) is 2.68. The molecule has 26 heavy (non-hydrogen) atoms. The smallest absolute Gasteiger partial charge is 0.222 e. The topological polar surface area (TPSA) is 55.8 Å². The molecule has 0 N–H and O–H groups in total. The molecule has 0 spiro atoms. The van der Waals surface area contributed by atoms with Crippen molar-refractivity contribution in [3.63, 3.8) is 0 Å². The summed E-state index contributed by atoms with van der Waals surface area (Å²) in [5, 5.41) is 8.91. The Morgan fingerprint density at radius 1 is 0.923 bits per heavy atom. The van der Waals surface area contributed by atoms with E-state index >= 15 is 0 Å². The molecular weight excluding hydrogens is 328 g/mol. The molecule has 2 aliphatic rings. The summed E-state index contributed by atoms with van der Waals surface area (Å²) in [7, 11) is 0. The number of carbonyl (C=O) groups is 1. The van der Waals surface area contributed by atoms with E-state index < -0.39 is 0 Å². The minimum atomic E-state index is 0.271. The summed E-state index contributed by atoms with van der Waals surface area (Å²) < 4.78 is 0. The Bertz CT molecular complexity index is 574. The molecule has 3 rings (SSSR count). The van der Waals surface area contributed by atoms with Crippen LogP contribution in [0.3, 0.4) is 0 Å². The molecule has 1 amide bonds. The fraction of sp³-hybridized carbons (Fsp3) is 0.737. The predicted octanol–water partition coefficient (Wildman–Crippen LogP) is 1.31. The first-order chi connectivity index (χ1) is 12.6. The highest BCUT2D eigenvalue weighted by molar-refractivity contribution is 5.76. The number of anilines is 2. The lowest BCUT2D eigenvalue weighted by Gasteiger charge is -2.36. The average molecular weight is 361 g/mol. The van der Waals surface area contributed by atoms with Gasteiger partial charge in [-0.05, 0) is 24.6 Å². The number of amides is 1. The zero-order chi connectivity index (χ0) is 18.5. The van der Waals surface area contributed by atoms with Gasteiger partial charge in [-0.25, -0.2) is 0 Å². The number of piperazine rings is 2. The molecule has 0 bridgehead atoms. The maximum absolute atomic E-state index is 12.2. The highest BCUT2D eigenvalue weighted by Crippen LogP contribution is 2.18. The number of rotatable bonds is 5. The monoisotopic (exact) mass is 360 g/mol. The van der Waals surface area contributed by atoms with E-state index in [1.54, 1.807) is 0 Å². The van der Waals surface area contributed by atoms with E-state index in [0.29, 0.717) is 12.3 Å². The maximum atomic E-state index is 12.2. The molecule has 3 heterocycles. The van der Waals surface area contributed by atoms with Crippen LogP contribution in [0.1, 0.15) is 27.2 Å². The van der Waals surface area contributed by atoms with Crippen LogP contribution in [0.15, 0.2) is 12.1 Å². The summed E-state index contributed by atoms with van der Waals surface area (Å²) in [5.41, 5.74) is 0. The minimum absolute atomic E-state index is 0.271. The van der Waals surface area contributed by atoms with Gasteiger partial charge in [0.05, 0.1) is 0 Å². The van der Waals surface area contributed by atoms with Gasteiger partial charge in [0.25, 0.3) is 0 Å². The quantitative estimate of drug-likeness (QED) is 0.789. The molecule has 0 aliphatic carbocycles. The van der Waals surface area contributed by atoms with Crippen LogP contribution in [0.25, 0.3) is 0 Å². The molecule has 2 fully saturated rings. The zero-order valence-electron chi connectivity index (χ0n) is 16.4. The van der Waals surface area contributed by atoms with Crippen molar-refractivity contribution < 1.29 is 4.79 Å². The highest BCUT2D eigenvalue weighted by Gasteiger charge is 2.23. The van der Waals surface area contributed by atoms with E-state index in [1.807, 2.05) is 4.90 Å². The van der Waals surface area contributed by atoms with Gasteiger partial charge in [-0.2, -0.15) is 0 Å². The second-order valence-corrected chi connectivity index (χ2v) is 7.64. The van der Waals surface area contributed by atoms with Crippen LogP contribution in [-0.4, -0.2) is 84.8 Å². The van der Waals surface area contributed by atoms with Gasteiger partial charge < -0.3 is 19.6 Å². The van der Waals surface area contributed by atoms with Gasteiger partial charge in [-0.15, -0.1) is 10.2 Å². The van der Waals surface area contributed by atoms with Crippen molar-refractivity contribution in [3.8, 4) is 0 Å². The molecule has 144 valence electrons. The number of likely N-dealkylation sites (N-methyl/N-ethyl adjacent to an activating group) is 1.